The van der Waals surface area contributed by atoms with Crippen LogP contribution in [0.2, 0.25) is 0 Å². The fourth-order valence-electron chi connectivity index (χ4n) is 2.93. The van der Waals surface area contributed by atoms with Crippen LogP contribution in [0.1, 0.15) is 24.0 Å². The van der Waals surface area contributed by atoms with Crippen LogP contribution in [-0.2, 0) is 6.42 Å². The fraction of sp³-hybridized carbons (Fsp3) is 0.316. The molecule has 1 fully saturated rings. The van der Waals surface area contributed by atoms with E-state index in [1.165, 1.54) is 17.5 Å². The van der Waals surface area contributed by atoms with Crippen molar-refractivity contribution in [3.05, 3.63) is 65.7 Å². The molecule has 3 nitrogen and oxygen atoms in total. The maximum absolute atomic E-state index is 7.39. The molecule has 2 aromatic rings. The monoisotopic (exact) mass is 294 g/mol. The summed E-state index contributed by atoms with van der Waals surface area (Å²) < 4.78 is 5.88. The standard InChI is InChI=1S/C19H22N2O/c20-15-21-12-4-7-18(21)14-22-19-10-8-17(9-11-19)13-16-5-2-1-3-6-16/h1-3,5-6,8-11,15,18,20H,4,7,12-14H2. The van der Waals surface area contributed by atoms with E-state index >= 15 is 0 Å². The number of rotatable bonds is 6. The predicted octanol–water partition coefficient (Wildman–Crippen LogP) is 3.73. The van der Waals surface area contributed by atoms with E-state index in [0.717, 1.165) is 31.6 Å². The summed E-state index contributed by atoms with van der Waals surface area (Å²) in [6.07, 6.45) is 4.65. The Balaban J connectivity index is 1.54. The zero-order valence-electron chi connectivity index (χ0n) is 12.7. The average Bonchev–Trinajstić information content (AvgIpc) is 3.03. The fourth-order valence-corrected chi connectivity index (χ4v) is 2.93. The maximum atomic E-state index is 7.39. The van der Waals surface area contributed by atoms with Crippen LogP contribution in [0.15, 0.2) is 54.6 Å². The van der Waals surface area contributed by atoms with Crippen molar-refractivity contribution in [3.8, 4) is 5.75 Å². The molecule has 3 heteroatoms. The summed E-state index contributed by atoms with van der Waals surface area (Å²) in [5.74, 6) is 0.911. The molecule has 1 heterocycles. The topological polar surface area (TPSA) is 36.3 Å². The minimum Gasteiger partial charge on any atom is -0.491 e. The van der Waals surface area contributed by atoms with Crippen molar-refractivity contribution in [1.29, 1.82) is 5.41 Å². The Labute approximate surface area is 132 Å². The lowest BCUT2D eigenvalue weighted by molar-refractivity contribution is 0.230. The first-order valence-corrected chi connectivity index (χ1v) is 7.87. The molecule has 0 spiro atoms. The van der Waals surface area contributed by atoms with Crippen LogP contribution in [0.5, 0.6) is 5.75 Å². The van der Waals surface area contributed by atoms with Gasteiger partial charge < -0.3 is 9.64 Å². The number of ether oxygens (including phenoxy) is 1. The van der Waals surface area contributed by atoms with Gasteiger partial charge >= 0.3 is 0 Å². The van der Waals surface area contributed by atoms with Crippen LogP contribution in [0.4, 0.5) is 0 Å². The number of benzene rings is 2. The number of likely N-dealkylation sites (tertiary alicyclic amines) is 1. The van der Waals surface area contributed by atoms with Gasteiger partial charge in [0.1, 0.15) is 12.4 Å². The first-order valence-electron chi connectivity index (χ1n) is 7.87. The molecule has 0 aliphatic carbocycles. The van der Waals surface area contributed by atoms with Crippen molar-refractivity contribution in [3.63, 3.8) is 0 Å². The van der Waals surface area contributed by atoms with E-state index in [9.17, 15) is 0 Å². The normalized spacial score (nSPS) is 17.5. The summed E-state index contributed by atoms with van der Waals surface area (Å²) >= 11 is 0. The average molecular weight is 294 g/mol. The summed E-state index contributed by atoms with van der Waals surface area (Å²) in [5.41, 5.74) is 2.62. The highest BCUT2D eigenvalue weighted by atomic mass is 16.5. The molecule has 3 rings (SSSR count). The van der Waals surface area contributed by atoms with Gasteiger partial charge in [0.15, 0.2) is 0 Å². The van der Waals surface area contributed by atoms with Gasteiger partial charge in [-0.05, 0) is 42.5 Å². The second kappa shape index (κ2) is 7.12. The lowest BCUT2D eigenvalue weighted by Crippen LogP contribution is -2.32. The van der Waals surface area contributed by atoms with E-state index in [1.54, 1.807) is 0 Å². The zero-order chi connectivity index (χ0) is 15.2. The van der Waals surface area contributed by atoms with Crippen LogP contribution in [-0.4, -0.2) is 30.4 Å². The highest BCUT2D eigenvalue weighted by molar-refractivity contribution is 5.51. The molecule has 22 heavy (non-hydrogen) atoms. The van der Waals surface area contributed by atoms with Gasteiger partial charge in [0.25, 0.3) is 0 Å². The van der Waals surface area contributed by atoms with Gasteiger partial charge in [0.2, 0.25) is 0 Å². The number of nitrogens with one attached hydrogen (secondary N) is 1. The third-order valence-electron chi connectivity index (χ3n) is 4.21. The summed E-state index contributed by atoms with van der Waals surface area (Å²) in [6.45, 7) is 1.64. The molecular weight excluding hydrogens is 272 g/mol. The summed E-state index contributed by atoms with van der Waals surface area (Å²) in [4.78, 5) is 2.06. The molecule has 0 saturated carbocycles. The molecule has 0 amide bonds. The zero-order valence-corrected chi connectivity index (χ0v) is 12.7. The molecule has 1 atom stereocenters. The van der Waals surface area contributed by atoms with E-state index in [4.69, 9.17) is 10.1 Å². The summed E-state index contributed by atoms with van der Waals surface area (Å²) in [5, 5.41) is 7.39. The molecule has 114 valence electrons. The molecular formula is C19H22N2O. The van der Waals surface area contributed by atoms with Crippen LogP contribution in [0.25, 0.3) is 0 Å². The Bertz CT molecular complexity index is 595. The SMILES string of the molecule is N=CN1CCCC1COc1ccc(Cc2ccccc2)cc1. The Kier molecular flexibility index (Phi) is 4.74. The van der Waals surface area contributed by atoms with Crippen LogP contribution in [0, 0.1) is 5.41 Å². The first kappa shape index (κ1) is 14.6. The van der Waals surface area contributed by atoms with Gasteiger partial charge in [-0.25, -0.2) is 0 Å². The molecule has 0 bridgehead atoms. The first-order chi connectivity index (χ1) is 10.8. The van der Waals surface area contributed by atoms with Gasteiger partial charge in [0.05, 0.1) is 12.4 Å². The molecule has 0 radical (unpaired) electrons. The Morgan fingerprint density at radius 1 is 1.05 bits per heavy atom. The highest BCUT2D eigenvalue weighted by Gasteiger charge is 2.22. The minimum atomic E-state index is 0.349. The van der Waals surface area contributed by atoms with Gasteiger partial charge in [-0.2, -0.15) is 0 Å². The van der Waals surface area contributed by atoms with Crippen molar-refractivity contribution in [1.82, 2.24) is 4.90 Å². The molecule has 1 unspecified atom stereocenters. The lowest BCUT2D eigenvalue weighted by Gasteiger charge is -2.21. The smallest absolute Gasteiger partial charge is 0.119 e. The third kappa shape index (κ3) is 3.67. The predicted molar refractivity (Wildman–Crippen MR) is 89.7 cm³/mol. The third-order valence-corrected chi connectivity index (χ3v) is 4.21. The Morgan fingerprint density at radius 3 is 2.50 bits per heavy atom. The van der Waals surface area contributed by atoms with Gasteiger partial charge in [0, 0.05) is 6.54 Å². The number of hydrogen-bond donors (Lipinski definition) is 1. The van der Waals surface area contributed by atoms with E-state index in [-0.39, 0.29) is 0 Å². The highest BCUT2D eigenvalue weighted by Crippen LogP contribution is 2.19. The maximum Gasteiger partial charge on any atom is 0.119 e. The van der Waals surface area contributed by atoms with Gasteiger partial charge in [-0.3, -0.25) is 5.41 Å². The van der Waals surface area contributed by atoms with E-state index in [0.29, 0.717) is 12.6 Å². The summed E-state index contributed by atoms with van der Waals surface area (Å²) in [7, 11) is 0. The lowest BCUT2D eigenvalue weighted by atomic mass is 10.1. The Hall–Kier alpha value is -2.29. The largest absolute Gasteiger partial charge is 0.491 e. The molecule has 1 saturated heterocycles. The van der Waals surface area contributed by atoms with Crippen molar-refractivity contribution < 1.29 is 4.74 Å². The quantitative estimate of drug-likeness (QED) is 0.651. The van der Waals surface area contributed by atoms with E-state index < -0.39 is 0 Å². The number of nitrogens with zero attached hydrogens (tertiary/aromatic N) is 1. The molecule has 1 aliphatic rings. The second-order valence-corrected chi connectivity index (χ2v) is 5.78. The van der Waals surface area contributed by atoms with Crippen LogP contribution >= 0.6 is 0 Å². The number of hydrogen-bond acceptors (Lipinski definition) is 2. The van der Waals surface area contributed by atoms with E-state index in [1.807, 2.05) is 18.2 Å². The van der Waals surface area contributed by atoms with Crippen LogP contribution in [0.3, 0.4) is 0 Å². The second-order valence-electron chi connectivity index (χ2n) is 5.78. The molecule has 1 N–H and O–H groups in total. The summed E-state index contributed by atoms with van der Waals surface area (Å²) in [6, 6.07) is 19.2. The molecule has 0 aromatic heterocycles. The van der Waals surface area contributed by atoms with Gasteiger partial charge in [-0.1, -0.05) is 42.5 Å². The van der Waals surface area contributed by atoms with Crippen molar-refractivity contribution in [2.45, 2.75) is 25.3 Å². The molecule has 1 aliphatic heterocycles. The van der Waals surface area contributed by atoms with Crippen molar-refractivity contribution in [2.75, 3.05) is 13.2 Å². The van der Waals surface area contributed by atoms with Gasteiger partial charge in [-0.15, -0.1) is 0 Å². The minimum absolute atomic E-state index is 0.349. The van der Waals surface area contributed by atoms with Crippen molar-refractivity contribution in [2.24, 2.45) is 0 Å². The molecule has 2 aromatic carbocycles. The van der Waals surface area contributed by atoms with E-state index in [2.05, 4.69) is 41.3 Å². The van der Waals surface area contributed by atoms with Crippen LogP contribution < -0.4 is 4.74 Å². The Morgan fingerprint density at radius 2 is 1.77 bits per heavy atom. The van der Waals surface area contributed by atoms with Crippen molar-refractivity contribution >= 4 is 6.34 Å².